The second kappa shape index (κ2) is 25.8. The van der Waals surface area contributed by atoms with Crippen LogP contribution in [0.4, 0.5) is 4.79 Å². The van der Waals surface area contributed by atoms with Gasteiger partial charge >= 0.3 is 6.09 Å². The molecule has 0 bridgehead atoms. The van der Waals surface area contributed by atoms with Crippen molar-refractivity contribution in [2.75, 3.05) is 32.8 Å². The van der Waals surface area contributed by atoms with Crippen LogP contribution in [0, 0.1) is 0 Å². The standard InChI is InChI=1S/C17H37N7O3.3ClH/c1-14(25)23-15(8-3-2-4-12-22-16(19)20)24-17(26)27-13-6-5-10-21-11-7-9-18;;;/h15,21H,2-13,18H2,1H3,(H,23,25)(H,24,26)(H4,19,20,22);3*1H. The van der Waals surface area contributed by atoms with E-state index in [-0.39, 0.29) is 49.1 Å². The number of ether oxygens (including phenoxy) is 1. The summed E-state index contributed by atoms with van der Waals surface area (Å²) in [6.07, 6.45) is 4.84. The second-order valence-electron chi connectivity index (χ2n) is 6.29. The maximum atomic E-state index is 11.9. The predicted octanol–water partition coefficient (Wildman–Crippen LogP) is 0.993. The molecule has 0 saturated heterocycles. The third kappa shape index (κ3) is 26.8. The van der Waals surface area contributed by atoms with Crippen molar-refractivity contribution in [3.05, 3.63) is 0 Å². The van der Waals surface area contributed by atoms with Crippen molar-refractivity contribution >= 4 is 55.2 Å². The van der Waals surface area contributed by atoms with E-state index in [1.807, 2.05) is 0 Å². The largest absolute Gasteiger partial charge is 0.450 e. The highest BCUT2D eigenvalue weighted by molar-refractivity contribution is 5.86. The van der Waals surface area contributed by atoms with Gasteiger partial charge in [-0.15, -0.1) is 37.2 Å². The molecule has 30 heavy (non-hydrogen) atoms. The Morgan fingerprint density at radius 3 is 2.20 bits per heavy atom. The summed E-state index contributed by atoms with van der Waals surface area (Å²) < 4.78 is 5.16. The zero-order chi connectivity index (χ0) is 20.3. The number of rotatable bonds is 16. The quantitative estimate of drug-likeness (QED) is 0.0800. The Labute approximate surface area is 198 Å². The van der Waals surface area contributed by atoms with Gasteiger partial charge in [0.05, 0.1) is 6.61 Å². The molecule has 0 aromatic heterocycles. The number of amides is 2. The van der Waals surface area contributed by atoms with Gasteiger partial charge in [-0.1, -0.05) is 6.42 Å². The Morgan fingerprint density at radius 1 is 0.933 bits per heavy atom. The van der Waals surface area contributed by atoms with E-state index in [0.717, 1.165) is 51.6 Å². The lowest BCUT2D eigenvalue weighted by molar-refractivity contribution is -0.119. The Kier molecular flexibility index (Phi) is 31.2. The van der Waals surface area contributed by atoms with Crippen LogP contribution in [0.25, 0.3) is 0 Å². The van der Waals surface area contributed by atoms with E-state index >= 15 is 0 Å². The number of hydrogen-bond acceptors (Lipinski definition) is 6. The van der Waals surface area contributed by atoms with E-state index in [4.69, 9.17) is 21.9 Å². The minimum absolute atomic E-state index is 0. The van der Waals surface area contributed by atoms with E-state index < -0.39 is 12.3 Å². The Bertz CT molecular complexity index is 443. The molecule has 0 aromatic rings. The molecule has 182 valence electrons. The van der Waals surface area contributed by atoms with Crippen molar-refractivity contribution in [2.45, 2.75) is 58.0 Å². The fourth-order valence-electron chi connectivity index (χ4n) is 2.32. The molecule has 0 spiro atoms. The van der Waals surface area contributed by atoms with Crippen LogP contribution < -0.4 is 33.2 Å². The van der Waals surface area contributed by atoms with Crippen LogP contribution in [0.15, 0.2) is 4.99 Å². The van der Waals surface area contributed by atoms with Gasteiger partial charge in [0.15, 0.2) is 5.96 Å². The fraction of sp³-hybridized carbons (Fsp3) is 0.824. The fourth-order valence-corrected chi connectivity index (χ4v) is 2.32. The zero-order valence-electron chi connectivity index (χ0n) is 17.7. The molecular weight excluding hydrogens is 457 g/mol. The van der Waals surface area contributed by atoms with Crippen LogP contribution in [0.2, 0.25) is 0 Å². The van der Waals surface area contributed by atoms with Crippen molar-refractivity contribution in [1.82, 2.24) is 16.0 Å². The van der Waals surface area contributed by atoms with Crippen LogP contribution in [-0.4, -0.2) is 56.9 Å². The molecule has 0 aliphatic heterocycles. The van der Waals surface area contributed by atoms with Crippen LogP contribution in [0.3, 0.4) is 0 Å². The molecule has 0 aliphatic carbocycles. The highest BCUT2D eigenvalue weighted by Gasteiger charge is 2.13. The summed E-state index contributed by atoms with van der Waals surface area (Å²) in [6.45, 7) is 4.79. The van der Waals surface area contributed by atoms with Gasteiger partial charge in [0.25, 0.3) is 0 Å². The molecule has 1 atom stereocenters. The van der Waals surface area contributed by atoms with Gasteiger partial charge in [0.1, 0.15) is 6.17 Å². The lowest BCUT2D eigenvalue weighted by Crippen LogP contribution is -2.47. The van der Waals surface area contributed by atoms with Gasteiger partial charge in [0, 0.05) is 13.5 Å². The summed E-state index contributed by atoms with van der Waals surface area (Å²) in [5.74, 6) is -0.119. The molecule has 13 heteroatoms. The summed E-state index contributed by atoms with van der Waals surface area (Å²) in [4.78, 5) is 27.1. The Hall–Kier alpha value is -1.20. The van der Waals surface area contributed by atoms with Crippen molar-refractivity contribution in [2.24, 2.45) is 22.2 Å². The maximum absolute atomic E-state index is 11.9. The highest BCUT2D eigenvalue weighted by Crippen LogP contribution is 2.03. The Morgan fingerprint density at radius 2 is 1.60 bits per heavy atom. The maximum Gasteiger partial charge on any atom is 0.408 e. The van der Waals surface area contributed by atoms with Gasteiger partial charge in [0.2, 0.25) is 5.91 Å². The monoisotopic (exact) mass is 495 g/mol. The molecule has 2 amide bonds. The first-order valence-corrected chi connectivity index (χ1v) is 9.62. The molecule has 0 aliphatic rings. The minimum atomic E-state index is -0.523. The van der Waals surface area contributed by atoms with Gasteiger partial charge in [-0.25, -0.2) is 4.79 Å². The van der Waals surface area contributed by atoms with Crippen molar-refractivity contribution < 1.29 is 14.3 Å². The van der Waals surface area contributed by atoms with Crippen molar-refractivity contribution in [1.29, 1.82) is 0 Å². The van der Waals surface area contributed by atoms with Crippen LogP contribution >= 0.6 is 37.2 Å². The van der Waals surface area contributed by atoms with Gasteiger partial charge in [-0.2, -0.15) is 0 Å². The number of halogens is 3. The van der Waals surface area contributed by atoms with Crippen LogP contribution in [0.1, 0.15) is 51.9 Å². The topological polar surface area (TPSA) is 170 Å². The number of carbonyl (C=O) groups is 2. The Balaban J connectivity index is -0.00000113. The number of unbranched alkanes of at least 4 members (excludes halogenated alkanes) is 3. The first kappa shape index (κ1) is 36.2. The molecule has 0 aromatic carbocycles. The third-order valence-corrected chi connectivity index (χ3v) is 3.65. The summed E-state index contributed by atoms with van der Waals surface area (Å²) in [6, 6.07) is 0. The zero-order valence-corrected chi connectivity index (χ0v) is 20.1. The molecule has 0 fully saturated rings. The number of hydrogen-bond donors (Lipinski definition) is 6. The normalized spacial score (nSPS) is 10.3. The number of nitrogens with one attached hydrogen (secondary N) is 3. The minimum Gasteiger partial charge on any atom is -0.450 e. The number of guanidine groups is 1. The first-order chi connectivity index (χ1) is 13.0. The summed E-state index contributed by atoms with van der Waals surface area (Å²) in [5.41, 5.74) is 15.9. The van der Waals surface area contributed by atoms with Crippen molar-refractivity contribution in [3.8, 4) is 0 Å². The molecule has 0 radical (unpaired) electrons. The lowest BCUT2D eigenvalue weighted by atomic mass is 10.1. The first-order valence-electron chi connectivity index (χ1n) is 9.62. The summed E-state index contributed by atoms with van der Waals surface area (Å²) in [7, 11) is 0. The van der Waals surface area contributed by atoms with Crippen molar-refractivity contribution in [3.63, 3.8) is 0 Å². The smallest absolute Gasteiger partial charge is 0.408 e. The number of aliphatic imine (C=N–C) groups is 1. The summed E-state index contributed by atoms with van der Waals surface area (Å²) >= 11 is 0. The van der Waals surface area contributed by atoms with E-state index in [9.17, 15) is 9.59 Å². The molecule has 0 rings (SSSR count). The third-order valence-electron chi connectivity index (χ3n) is 3.65. The van der Waals surface area contributed by atoms with Gasteiger partial charge in [-0.05, 0) is 58.2 Å². The molecule has 9 N–H and O–H groups in total. The SMILES string of the molecule is CC(=O)NC(CCCCCN=C(N)N)NC(=O)OCCCCNCCCN.Cl.Cl.Cl. The second-order valence-corrected chi connectivity index (χ2v) is 6.29. The molecule has 10 nitrogen and oxygen atoms in total. The van der Waals surface area contributed by atoms with Crippen LogP contribution in [0.5, 0.6) is 0 Å². The number of nitrogens with two attached hydrogens (primary N) is 3. The van der Waals surface area contributed by atoms with E-state index in [2.05, 4.69) is 20.9 Å². The molecule has 0 heterocycles. The summed E-state index contributed by atoms with van der Waals surface area (Å²) in [5, 5.41) is 8.66. The highest BCUT2D eigenvalue weighted by atomic mass is 35.5. The van der Waals surface area contributed by atoms with Gasteiger partial charge < -0.3 is 37.9 Å². The lowest BCUT2D eigenvalue weighted by Gasteiger charge is -2.19. The predicted molar refractivity (Wildman–Crippen MR) is 129 cm³/mol. The van der Waals surface area contributed by atoms with E-state index in [1.165, 1.54) is 6.92 Å². The van der Waals surface area contributed by atoms with E-state index in [0.29, 0.717) is 26.1 Å². The average molecular weight is 497 g/mol. The molecular formula is C17H40Cl3N7O3. The van der Waals surface area contributed by atoms with Gasteiger partial charge in [-0.3, -0.25) is 9.79 Å². The van der Waals surface area contributed by atoms with Crippen LogP contribution in [-0.2, 0) is 9.53 Å². The number of alkyl carbamates (subject to hydrolysis) is 1. The molecule has 1 unspecified atom stereocenters. The molecule has 0 saturated carbocycles. The number of carbonyl (C=O) groups excluding carboxylic acids is 2. The van der Waals surface area contributed by atoms with E-state index in [1.54, 1.807) is 0 Å². The average Bonchev–Trinajstić information content (AvgIpc) is 2.59. The number of nitrogens with zero attached hydrogens (tertiary/aromatic N) is 1.